The molecule has 2 amide bonds. The molecule has 2 heterocycles. The Balaban J connectivity index is 0.00000169. The molecule has 0 bridgehead atoms. The van der Waals surface area contributed by atoms with Gasteiger partial charge in [-0.05, 0) is 18.2 Å². The second-order valence-electron chi connectivity index (χ2n) is 5.84. The van der Waals surface area contributed by atoms with Crippen molar-refractivity contribution < 1.29 is 9.59 Å². The van der Waals surface area contributed by atoms with Crippen molar-refractivity contribution in [2.75, 3.05) is 49.3 Å². The summed E-state index contributed by atoms with van der Waals surface area (Å²) >= 11 is 7.72. The molecule has 1 atom stereocenters. The molecular formula is C16H23Cl3N4O2S. The van der Waals surface area contributed by atoms with Crippen LogP contribution in [0.25, 0.3) is 0 Å². The molecule has 1 aromatic carbocycles. The van der Waals surface area contributed by atoms with E-state index in [9.17, 15) is 9.59 Å². The molecule has 26 heavy (non-hydrogen) atoms. The summed E-state index contributed by atoms with van der Waals surface area (Å²) in [6, 6.07) is 7.57. The van der Waals surface area contributed by atoms with Crippen LogP contribution >= 0.6 is 48.2 Å². The zero-order chi connectivity index (χ0) is 16.9. The highest BCUT2D eigenvalue weighted by molar-refractivity contribution is 7.99. The predicted molar refractivity (Wildman–Crippen MR) is 112 cm³/mol. The van der Waals surface area contributed by atoms with Gasteiger partial charge in [0, 0.05) is 48.5 Å². The van der Waals surface area contributed by atoms with Crippen LogP contribution in [0.4, 0.5) is 5.69 Å². The Morgan fingerprint density at radius 1 is 1.23 bits per heavy atom. The molecule has 1 aromatic rings. The first-order valence-corrected chi connectivity index (χ1v) is 9.54. The number of piperazine rings is 1. The molecule has 0 aliphatic carbocycles. The molecule has 0 radical (unpaired) electrons. The maximum absolute atomic E-state index is 12.3. The molecule has 3 rings (SSSR count). The van der Waals surface area contributed by atoms with E-state index in [1.165, 1.54) is 0 Å². The number of thioether (sulfide) groups is 1. The highest BCUT2D eigenvalue weighted by atomic mass is 35.5. The van der Waals surface area contributed by atoms with E-state index in [2.05, 4.69) is 15.5 Å². The van der Waals surface area contributed by atoms with Crippen molar-refractivity contribution >= 4 is 65.7 Å². The average Bonchev–Trinajstić information content (AvgIpc) is 3.14. The van der Waals surface area contributed by atoms with Gasteiger partial charge in [0.1, 0.15) is 0 Å². The van der Waals surface area contributed by atoms with Crippen molar-refractivity contribution in [1.82, 2.24) is 15.5 Å². The van der Waals surface area contributed by atoms with Crippen molar-refractivity contribution in [3.8, 4) is 0 Å². The molecular weight excluding hydrogens is 419 g/mol. The standard InChI is InChI=1S/C16H21ClN4O2S.2ClH/c17-12-2-1-3-13(8-12)20-4-6-21(7-5-20)15(22)9-18-16(23)14-10-24-11-19-14;;/h1-3,8,14,19H,4-7,9-11H2,(H,18,23);2*1H. The van der Waals surface area contributed by atoms with E-state index >= 15 is 0 Å². The third kappa shape index (κ3) is 6.09. The predicted octanol–water partition coefficient (Wildman–Crippen LogP) is 1.61. The van der Waals surface area contributed by atoms with Gasteiger partial charge in [0.15, 0.2) is 0 Å². The molecule has 2 aliphatic rings. The van der Waals surface area contributed by atoms with Gasteiger partial charge in [-0.25, -0.2) is 0 Å². The van der Waals surface area contributed by atoms with E-state index in [1.807, 2.05) is 24.3 Å². The number of halogens is 3. The number of hydrogen-bond acceptors (Lipinski definition) is 5. The van der Waals surface area contributed by atoms with E-state index < -0.39 is 0 Å². The third-order valence-corrected chi connectivity index (χ3v) is 5.43. The first-order chi connectivity index (χ1) is 11.6. The van der Waals surface area contributed by atoms with Crippen LogP contribution in [-0.4, -0.2) is 67.1 Å². The van der Waals surface area contributed by atoms with Gasteiger partial charge in [-0.15, -0.1) is 36.6 Å². The van der Waals surface area contributed by atoms with Gasteiger partial charge in [0.2, 0.25) is 11.8 Å². The van der Waals surface area contributed by atoms with Crippen LogP contribution in [0.15, 0.2) is 24.3 Å². The largest absolute Gasteiger partial charge is 0.368 e. The van der Waals surface area contributed by atoms with Crippen molar-refractivity contribution in [3.05, 3.63) is 29.3 Å². The van der Waals surface area contributed by atoms with Crippen LogP contribution in [-0.2, 0) is 9.59 Å². The topological polar surface area (TPSA) is 64.7 Å². The fourth-order valence-electron chi connectivity index (χ4n) is 2.85. The van der Waals surface area contributed by atoms with Gasteiger partial charge in [0.25, 0.3) is 0 Å². The quantitative estimate of drug-likeness (QED) is 0.743. The number of nitrogens with zero attached hydrogens (tertiary/aromatic N) is 2. The summed E-state index contributed by atoms with van der Waals surface area (Å²) in [7, 11) is 0. The number of rotatable bonds is 4. The highest BCUT2D eigenvalue weighted by Crippen LogP contribution is 2.20. The number of nitrogens with one attached hydrogen (secondary N) is 2. The van der Waals surface area contributed by atoms with Crippen LogP contribution in [0.1, 0.15) is 0 Å². The van der Waals surface area contributed by atoms with E-state index in [4.69, 9.17) is 11.6 Å². The summed E-state index contributed by atoms with van der Waals surface area (Å²) in [6.45, 7) is 2.90. The normalized spacial score (nSPS) is 19.3. The zero-order valence-electron chi connectivity index (χ0n) is 14.2. The minimum absolute atomic E-state index is 0. The molecule has 2 aliphatic heterocycles. The van der Waals surface area contributed by atoms with Crippen LogP contribution in [0, 0.1) is 0 Å². The molecule has 1 unspecified atom stereocenters. The first kappa shape index (κ1) is 23.2. The molecule has 10 heteroatoms. The Bertz CT molecular complexity index is 609. The first-order valence-electron chi connectivity index (χ1n) is 8.00. The van der Waals surface area contributed by atoms with Gasteiger partial charge in [-0.1, -0.05) is 17.7 Å². The smallest absolute Gasteiger partial charge is 0.242 e. The second-order valence-corrected chi connectivity index (χ2v) is 7.30. The number of anilines is 1. The fourth-order valence-corrected chi connectivity index (χ4v) is 3.97. The lowest BCUT2D eigenvalue weighted by Crippen LogP contribution is -2.52. The van der Waals surface area contributed by atoms with Crippen molar-refractivity contribution in [2.24, 2.45) is 0 Å². The number of carbonyl (C=O) groups is 2. The number of hydrogen-bond donors (Lipinski definition) is 2. The third-order valence-electron chi connectivity index (χ3n) is 4.25. The summed E-state index contributed by atoms with van der Waals surface area (Å²) < 4.78 is 0. The SMILES string of the molecule is Cl.Cl.O=C(NCC(=O)N1CCN(c2cccc(Cl)c2)CC1)C1CSCN1. The lowest BCUT2D eigenvalue weighted by Gasteiger charge is -2.36. The average molecular weight is 442 g/mol. The summed E-state index contributed by atoms with van der Waals surface area (Å²) in [6.07, 6.45) is 0. The van der Waals surface area contributed by atoms with Crippen LogP contribution in [0.2, 0.25) is 5.02 Å². The van der Waals surface area contributed by atoms with E-state index in [-0.39, 0.29) is 49.2 Å². The Hall–Kier alpha value is -0.860. The van der Waals surface area contributed by atoms with Gasteiger partial charge in [-0.3, -0.25) is 14.9 Å². The van der Waals surface area contributed by atoms with E-state index in [0.29, 0.717) is 18.1 Å². The summed E-state index contributed by atoms with van der Waals surface area (Å²) in [5, 5.41) is 6.55. The molecule has 2 N–H and O–H groups in total. The molecule has 146 valence electrons. The van der Waals surface area contributed by atoms with Crippen molar-refractivity contribution in [2.45, 2.75) is 6.04 Å². The fraction of sp³-hybridized carbons (Fsp3) is 0.500. The second kappa shape index (κ2) is 11.1. The molecule has 0 spiro atoms. The molecule has 0 saturated carbocycles. The molecule has 6 nitrogen and oxygen atoms in total. The zero-order valence-corrected chi connectivity index (χ0v) is 17.4. The number of amides is 2. The summed E-state index contributed by atoms with van der Waals surface area (Å²) in [4.78, 5) is 28.2. The maximum atomic E-state index is 12.3. The molecule has 2 saturated heterocycles. The van der Waals surface area contributed by atoms with E-state index in [1.54, 1.807) is 16.7 Å². The Morgan fingerprint density at radius 2 is 1.96 bits per heavy atom. The van der Waals surface area contributed by atoms with Gasteiger partial charge >= 0.3 is 0 Å². The van der Waals surface area contributed by atoms with Crippen molar-refractivity contribution in [1.29, 1.82) is 0 Å². The maximum Gasteiger partial charge on any atom is 0.242 e. The highest BCUT2D eigenvalue weighted by Gasteiger charge is 2.25. The van der Waals surface area contributed by atoms with Crippen LogP contribution in [0.3, 0.4) is 0 Å². The number of carbonyl (C=O) groups excluding carboxylic acids is 2. The van der Waals surface area contributed by atoms with E-state index in [0.717, 1.165) is 30.4 Å². The monoisotopic (exact) mass is 440 g/mol. The molecule has 2 fully saturated rings. The Kier molecular flexibility index (Phi) is 9.89. The Labute approximate surface area is 175 Å². The lowest BCUT2D eigenvalue weighted by molar-refractivity contribution is -0.133. The van der Waals surface area contributed by atoms with Gasteiger partial charge < -0.3 is 15.1 Å². The summed E-state index contributed by atoms with van der Waals surface area (Å²) in [5.74, 6) is 1.43. The Morgan fingerprint density at radius 3 is 2.58 bits per heavy atom. The number of benzene rings is 1. The van der Waals surface area contributed by atoms with Gasteiger partial charge in [-0.2, -0.15) is 0 Å². The van der Waals surface area contributed by atoms with Crippen LogP contribution in [0.5, 0.6) is 0 Å². The summed E-state index contributed by atoms with van der Waals surface area (Å²) in [5.41, 5.74) is 1.08. The van der Waals surface area contributed by atoms with Crippen molar-refractivity contribution in [3.63, 3.8) is 0 Å². The minimum atomic E-state index is -0.178. The minimum Gasteiger partial charge on any atom is -0.368 e. The molecule has 0 aromatic heterocycles. The van der Waals surface area contributed by atoms with Gasteiger partial charge in [0.05, 0.1) is 12.6 Å². The lowest BCUT2D eigenvalue weighted by atomic mass is 10.2. The van der Waals surface area contributed by atoms with Crippen LogP contribution < -0.4 is 15.5 Å².